The summed E-state index contributed by atoms with van der Waals surface area (Å²) in [4.78, 5) is 14.3. The van der Waals surface area contributed by atoms with Gasteiger partial charge in [-0.05, 0) is 55.1 Å². The van der Waals surface area contributed by atoms with Gasteiger partial charge in [-0.3, -0.25) is 0 Å². The Morgan fingerprint density at radius 1 is 1.26 bits per heavy atom. The lowest BCUT2D eigenvalue weighted by atomic mass is 10.1. The number of rotatable bonds is 4. The zero-order valence-electron chi connectivity index (χ0n) is 13.6. The Bertz CT molecular complexity index is 678. The first-order valence-electron chi connectivity index (χ1n) is 8.26. The standard InChI is InChI=1S/C16H23N5O2/c1-3-11(2)17-16(22)18-12-7-8-13(15-14(12)19-23-20-15)21-9-5-4-6-10-21/h7-8,11H,3-6,9-10H2,1-2H3,(H2,17,18,22). The number of hydrogen-bond donors (Lipinski definition) is 2. The molecule has 1 aliphatic rings. The summed E-state index contributed by atoms with van der Waals surface area (Å²) in [7, 11) is 0. The maximum Gasteiger partial charge on any atom is 0.319 e. The van der Waals surface area contributed by atoms with Crippen LogP contribution in [0.3, 0.4) is 0 Å². The summed E-state index contributed by atoms with van der Waals surface area (Å²) in [6, 6.07) is 3.73. The molecule has 0 aliphatic carbocycles. The van der Waals surface area contributed by atoms with Crippen LogP contribution in [-0.4, -0.2) is 35.5 Å². The Morgan fingerprint density at radius 2 is 2.00 bits per heavy atom. The van der Waals surface area contributed by atoms with Crippen molar-refractivity contribution in [1.82, 2.24) is 15.6 Å². The van der Waals surface area contributed by atoms with Crippen molar-refractivity contribution < 1.29 is 9.42 Å². The van der Waals surface area contributed by atoms with Gasteiger partial charge >= 0.3 is 6.03 Å². The number of nitrogens with one attached hydrogen (secondary N) is 2. The van der Waals surface area contributed by atoms with E-state index in [1.165, 1.54) is 19.3 Å². The largest absolute Gasteiger partial charge is 0.370 e. The van der Waals surface area contributed by atoms with Crippen molar-refractivity contribution in [1.29, 1.82) is 0 Å². The Kier molecular flexibility index (Phi) is 4.64. The molecule has 124 valence electrons. The lowest BCUT2D eigenvalue weighted by molar-refractivity contribution is 0.249. The summed E-state index contributed by atoms with van der Waals surface area (Å²) in [5.41, 5.74) is 2.93. The summed E-state index contributed by atoms with van der Waals surface area (Å²) in [6.07, 6.45) is 4.52. The molecule has 0 saturated carbocycles. The molecule has 2 heterocycles. The van der Waals surface area contributed by atoms with Crippen molar-refractivity contribution in [2.45, 2.75) is 45.6 Å². The van der Waals surface area contributed by atoms with Gasteiger partial charge < -0.3 is 15.5 Å². The molecule has 3 rings (SSSR count). The van der Waals surface area contributed by atoms with E-state index in [9.17, 15) is 4.79 Å². The van der Waals surface area contributed by atoms with Gasteiger partial charge in [0, 0.05) is 19.1 Å². The molecule has 1 atom stereocenters. The Labute approximate surface area is 135 Å². The van der Waals surface area contributed by atoms with Crippen molar-refractivity contribution >= 4 is 28.4 Å². The average Bonchev–Trinajstić information content (AvgIpc) is 3.06. The maximum absolute atomic E-state index is 12.0. The van der Waals surface area contributed by atoms with Gasteiger partial charge in [0.15, 0.2) is 11.0 Å². The highest BCUT2D eigenvalue weighted by atomic mass is 16.6. The quantitative estimate of drug-likeness (QED) is 0.905. The lowest BCUT2D eigenvalue weighted by Crippen LogP contribution is -2.35. The third-order valence-corrected chi connectivity index (χ3v) is 4.33. The summed E-state index contributed by atoms with van der Waals surface area (Å²) >= 11 is 0. The second-order valence-electron chi connectivity index (χ2n) is 6.05. The van der Waals surface area contributed by atoms with Crippen molar-refractivity contribution in [3.63, 3.8) is 0 Å². The minimum Gasteiger partial charge on any atom is -0.370 e. The maximum atomic E-state index is 12.0. The minimum atomic E-state index is -0.241. The number of aromatic nitrogens is 2. The molecule has 23 heavy (non-hydrogen) atoms. The van der Waals surface area contributed by atoms with Gasteiger partial charge in [-0.1, -0.05) is 6.92 Å². The molecule has 0 radical (unpaired) electrons. The molecule has 2 N–H and O–H groups in total. The Hall–Kier alpha value is -2.31. The molecule has 1 aliphatic heterocycles. The predicted molar refractivity (Wildman–Crippen MR) is 89.8 cm³/mol. The molecule has 1 fully saturated rings. The fraction of sp³-hybridized carbons (Fsp3) is 0.562. The van der Waals surface area contributed by atoms with Crippen LogP contribution in [-0.2, 0) is 0 Å². The van der Waals surface area contributed by atoms with Gasteiger partial charge in [-0.15, -0.1) is 0 Å². The number of hydrogen-bond acceptors (Lipinski definition) is 5. The molecular weight excluding hydrogens is 294 g/mol. The van der Waals surface area contributed by atoms with E-state index in [0.717, 1.165) is 25.2 Å². The first-order valence-corrected chi connectivity index (χ1v) is 8.26. The van der Waals surface area contributed by atoms with Crippen molar-refractivity contribution in [3.05, 3.63) is 12.1 Å². The number of amides is 2. The van der Waals surface area contributed by atoms with Gasteiger partial charge in [-0.2, -0.15) is 0 Å². The van der Waals surface area contributed by atoms with Crippen LogP contribution in [0.15, 0.2) is 16.8 Å². The van der Waals surface area contributed by atoms with E-state index < -0.39 is 0 Å². The average molecular weight is 317 g/mol. The monoisotopic (exact) mass is 317 g/mol. The fourth-order valence-electron chi connectivity index (χ4n) is 2.83. The highest BCUT2D eigenvalue weighted by Crippen LogP contribution is 2.31. The van der Waals surface area contributed by atoms with Gasteiger partial charge in [0.2, 0.25) is 0 Å². The van der Waals surface area contributed by atoms with Crippen LogP contribution < -0.4 is 15.5 Å². The van der Waals surface area contributed by atoms with Crippen LogP contribution >= 0.6 is 0 Å². The molecule has 7 heteroatoms. The van der Waals surface area contributed by atoms with Gasteiger partial charge in [0.1, 0.15) is 0 Å². The van der Waals surface area contributed by atoms with Gasteiger partial charge in [0.05, 0.1) is 11.4 Å². The Balaban J connectivity index is 1.83. The zero-order chi connectivity index (χ0) is 16.2. The molecule has 2 aromatic rings. The normalized spacial score (nSPS) is 16.3. The van der Waals surface area contributed by atoms with E-state index in [-0.39, 0.29) is 12.1 Å². The van der Waals surface area contributed by atoms with Crippen LogP contribution in [0.25, 0.3) is 11.0 Å². The highest BCUT2D eigenvalue weighted by Gasteiger charge is 2.19. The third kappa shape index (κ3) is 3.38. The van der Waals surface area contributed by atoms with E-state index in [2.05, 4.69) is 25.8 Å². The molecule has 1 saturated heterocycles. The summed E-state index contributed by atoms with van der Waals surface area (Å²) in [5, 5.41) is 13.7. The summed E-state index contributed by atoms with van der Waals surface area (Å²) in [6.45, 7) is 6.02. The second kappa shape index (κ2) is 6.85. The van der Waals surface area contributed by atoms with E-state index in [1.807, 2.05) is 26.0 Å². The third-order valence-electron chi connectivity index (χ3n) is 4.33. The van der Waals surface area contributed by atoms with Crippen molar-refractivity contribution in [3.8, 4) is 0 Å². The number of benzene rings is 1. The Morgan fingerprint density at radius 3 is 2.74 bits per heavy atom. The predicted octanol–water partition coefficient (Wildman–Crippen LogP) is 3.13. The molecular formula is C16H23N5O2. The number of carbonyl (C=O) groups excluding carboxylic acids is 1. The second-order valence-corrected chi connectivity index (χ2v) is 6.05. The number of piperidine rings is 1. The molecule has 1 aromatic heterocycles. The first-order chi connectivity index (χ1) is 11.2. The highest BCUT2D eigenvalue weighted by molar-refractivity contribution is 6.02. The fourth-order valence-corrected chi connectivity index (χ4v) is 2.83. The number of urea groups is 1. The van der Waals surface area contributed by atoms with Crippen molar-refractivity contribution in [2.24, 2.45) is 0 Å². The van der Waals surface area contributed by atoms with Crippen LogP contribution in [0.1, 0.15) is 39.5 Å². The van der Waals surface area contributed by atoms with Gasteiger partial charge in [-0.25, -0.2) is 9.42 Å². The molecule has 0 bridgehead atoms. The minimum absolute atomic E-state index is 0.119. The van der Waals surface area contributed by atoms with E-state index >= 15 is 0 Å². The number of nitrogens with zero attached hydrogens (tertiary/aromatic N) is 3. The van der Waals surface area contributed by atoms with Crippen molar-refractivity contribution in [2.75, 3.05) is 23.3 Å². The molecule has 0 spiro atoms. The first kappa shape index (κ1) is 15.6. The lowest BCUT2D eigenvalue weighted by Gasteiger charge is -2.28. The summed E-state index contributed by atoms with van der Waals surface area (Å²) in [5.74, 6) is 0. The molecule has 1 aromatic carbocycles. The number of fused-ring (bicyclic) bond motifs is 1. The smallest absolute Gasteiger partial charge is 0.319 e. The van der Waals surface area contributed by atoms with Gasteiger partial charge in [0.25, 0.3) is 0 Å². The van der Waals surface area contributed by atoms with Crippen LogP contribution in [0.4, 0.5) is 16.2 Å². The zero-order valence-corrected chi connectivity index (χ0v) is 13.6. The summed E-state index contributed by atoms with van der Waals surface area (Å²) < 4.78 is 4.92. The van der Waals surface area contributed by atoms with Crippen LogP contribution in [0.5, 0.6) is 0 Å². The van der Waals surface area contributed by atoms with Crippen LogP contribution in [0, 0.1) is 0 Å². The van der Waals surface area contributed by atoms with E-state index in [0.29, 0.717) is 16.7 Å². The molecule has 7 nitrogen and oxygen atoms in total. The number of anilines is 2. The number of carbonyl (C=O) groups is 1. The topological polar surface area (TPSA) is 83.3 Å². The molecule has 1 unspecified atom stereocenters. The SMILES string of the molecule is CCC(C)NC(=O)Nc1ccc(N2CCCCC2)c2nonc12. The molecule has 2 amide bonds. The van der Waals surface area contributed by atoms with E-state index in [1.54, 1.807) is 0 Å². The van der Waals surface area contributed by atoms with E-state index in [4.69, 9.17) is 4.63 Å². The van der Waals surface area contributed by atoms with Crippen LogP contribution in [0.2, 0.25) is 0 Å².